The van der Waals surface area contributed by atoms with E-state index in [-0.39, 0.29) is 11.9 Å². The van der Waals surface area contributed by atoms with Crippen molar-refractivity contribution in [1.29, 1.82) is 0 Å². The van der Waals surface area contributed by atoms with Gasteiger partial charge in [-0.25, -0.2) is 0 Å². The van der Waals surface area contributed by atoms with Crippen LogP contribution in [0.15, 0.2) is 78.4 Å². The number of carbonyl (C=O) groups excluding carboxylic acids is 1. The molecule has 1 aliphatic heterocycles. The van der Waals surface area contributed by atoms with Crippen LogP contribution in [0.5, 0.6) is 5.75 Å². The van der Waals surface area contributed by atoms with Gasteiger partial charge in [-0.1, -0.05) is 66.3 Å². The molecule has 2 atom stereocenters. The number of likely N-dealkylation sites (tertiary alicyclic amines) is 1. The molecule has 0 N–H and O–H groups in total. The molecule has 2 aromatic rings. The largest absolute Gasteiger partial charge is 0.489 e. The second kappa shape index (κ2) is 7.67. The first kappa shape index (κ1) is 18.5. The Labute approximate surface area is 167 Å². The Hall–Kier alpha value is -2.81. The SMILES string of the molecule is C[C@H]1CC2=CCC=C[C@@]2(Cc2ccc(OCc3ccccc3)cc2)C(=O)N1C. The van der Waals surface area contributed by atoms with Gasteiger partial charge in [0.05, 0.1) is 5.41 Å². The molecule has 0 saturated carbocycles. The van der Waals surface area contributed by atoms with Crippen molar-refractivity contribution in [3.8, 4) is 5.75 Å². The molecule has 1 saturated heterocycles. The molecule has 144 valence electrons. The lowest BCUT2D eigenvalue weighted by molar-refractivity contribution is -0.140. The Balaban J connectivity index is 1.50. The first-order chi connectivity index (χ1) is 13.6. The van der Waals surface area contributed by atoms with Crippen molar-refractivity contribution < 1.29 is 9.53 Å². The van der Waals surface area contributed by atoms with E-state index >= 15 is 0 Å². The molecule has 1 aliphatic carbocycles. The lowest BCUT2D eigenvalue weighted by Crippen LogP contribution is -2.52. The summed E-state index contributed by atoms with van der Waals surface area (Å²) in [7, 11) is 1.93. The number of rotatable bonds is 5. The predicted molar refractivity (Wildman–Crippen MR) is 112 cm³/mol. The predicted octanol–water partition coefficient (Wildman–Crippen LogP) is 4.93. The zero-order valence-corrected chi connectivity index (χ0v) is 16.6. The third-order valence-corrected chi connectivity index (χ3v) is 6.01. The van der Waals surface area contributed by atoms with Crippen molar-refractivity contribution in [3.05, 3.63) is 89.5 Å². The van der Waals surface area contributed by atoms with Crippen LogP contribution in [-0.2, 0) is 17.8 Å². The number of hydrogen-bond acceptors (Lipinski definition) is 2. The Bertz CT molecular complexity index is 898. The van der Waals surface area contributed by atoms with E-state index in [9.17, 15) is 4.79 Å². The minimum atomic E-state index is -0.522. The summed E-state index contributed by atoms with van der Waals surface area (Å²) in [4.78, 5) is 15.1. The number of carbonyl (C=O) groups is 1. The van der Waals surface area contributed by atoms with Crippen LogP contribution in [0, 0.1) is 5.41 Å². The summed E-state index contributed by atoms with van der Waals surface area (Å²) in [6, 6.07) is 18.6. The first-order valence-corrected chi connectivity index (χ1v) is 9.98. The van der Waals surface area contributed by atoms with Crippen LogP contribution in [0.2, 0.25) is 0 Å². The van der Waals surface area contributed by atoms with Crippen LogP contribution < -0.4 is 4.74 Å². The van der Waals surface area contributed by atoms with E-state index in [0.29, 0.717) is 13.0 Å². The minimum Gasteiger partial charge on any atom is -0.489 e. The summed E-state index contributed by atoms with van der Waals surface area (Å²) < 4.78 is 5.89. The van der Waals surface area contributed by atoms with Gasteiger partial charge in [0.25, 0.3) is 0 Å². The van der Waals surface area contributed by atoms with Crippen molar-refractivity contribution in [3.63, 3.8) is 0 Å². The highest BCUT2D eigenvalue weighted by Gasteiger charge is 2.47. The van der Waals surface area contributed by atoms with Crippen LogP contribution in [0.3, 0.4) is 0 Å². The van der Waals surface area contributed by atoms with Crippen LogP contribution in [-0.4, -0.2) is 23.9 Å². The normalized spacial score (nSPS) is 23.9. The molecule has 28 heavy (non-hydrogen) atoms. The van der Waals surface area contributed by atoms with E-state index in [1.165, 1.54) is 5.57 Å². The average Bonchev–Trinajstić information content (AvgIpc) is 2.73. The zero-order chi connectivity index (χ0) is 19.6. The van der Waals surface area contributed by atoms with Gasteiger partial charge in [0.1, 0.15) is 12.4 Å². The third kappa shape index (κ3) is 3.49. The lowest BCUT2D eigenvalue weighted by Gasteiger charge is -2.45. The van der Waals surface area contributed by atoms with Crippen LogP contribution in [0.4, 0.5) is 0 Å². The molecule has 1 heterocycles. The maximum absolute atomic E-state index is 13.2. The molecule has 0 bridgehead atoms. The van der Waals surface area contributed by atoms with Gasteiger partial charge in [-0.2, -0.15) is 0 Å². The second-order valence-electron chi connectivity index (χ2n) is 7.90. The van der Waals surface area contributed by atoms with E-state index in [2.05, 4.69) is 49.4 Å². The van der Waals surface area contributed by atoms with Gasteiger partial charge < -0.3 is 9.64 Å². The molecule has 4 rings (SSSR count). The fourth-order valence-corrected chi connectivity index (χ4v) is 4.23. The van der Waals surface area contributed by atoms with Gasteiger partial charge in [-0.3, -0.25) is 4.79 Å². The van der Waals surface area contributed by atoms with Gasteiger partial charge in [-0.15, -0.1) is 0 Å². The Morgan fingerprint density at radius 3 is 2.57 bits per heavy atom. The topological polar surface area (TPSA) is 29.5 Å². The summed E-state index contributed by atoms with van der Waals surface area (Å²) in [6.07, 6.45) is 9.08. The fourth-order valence-electron chi connectivity index (χ4n) is 4.23. The number of fused-ring (bicyclic) bond motifs is 1. The van der Waals surface area contributed by atoms with Gasteiger partial charge in [0.15, 0.2) is 0 Å². The third-order valence-electron chi connectivity index (χ3n) is 6.01. The Morgan fingerprint density at radius 1 is 1.07 bits per heavy atom. The van der Waals surface area contributed by atoms with Gasteiger partial charge in [0, 0.05) is 13.1 Å². The monoisotopic (exact) mass is 373 g/mol. The summed E-state index contributed by atoms with van der Waals surface area (Å²) >= 11 is 0. The molecule has 2 aromatic carbocycles. The van der Waals surface area contributed by atoms with E-state index in [0.717, 1.165) is 29.7 Å². The number of nitrogens with zero attached hydrogens (tertiary/aromatic N) is 1. The summed E-state index contributed by atoms with van der Waals surface area (Å²) in [6.45, 7) is 2.68. The molecule has 0 unspecified atom stereocenters. The summed E-state index contributed by atoms with van der Waals surface area (Å²) in [5.41, 5.74) is 3.06. The van der Waals surface area contributed by atoms with Crippen molar-refractivity contribution in [2.24, 2.45) is 5.41 Å². The van der Waals surface area contributed by atoms with Crippen LogP contribution >= 0.6 is 0 Å². The van der Waals surface area contributed by atoms with E-state index in [4.69, 9.17) is 4.74 Å². The lowest BCUT2D eigenvalue weighted by atomic mass is 9.67. The smallest absolute Gasteiger partial charge is 0.237 e. The highest BCUT2D eigenvalue weighted by molar-refractivity contribution is 5.90. The number of allylic oxidation sites excluding steroid dienone is 2. The van der Waals surface area contributed by atoms with Gasteiger partial charge in [0.2, 0.25) is 5.91 Å². The number of benzene rings is 2. The maximum Gasteiger partial charge on any atom is 0.237 e. The summed E-state index contributed by atoms with van der Waals surface area (Å²) in [5.74, 6) is 1.05. The molecule has 0 aromatic heterocycles. The quantitative estimate of drug-likeness (QED) is 0.696. The van der Waals surface area contributed by atoms with Crippen molar-refractivity contribution in [2.45, 2.75) is 38.8 Å². The molecule has 3 nitrogen and oxygen atoms in total. The zero-order valence-electron chi connectivity index (χ0n) is 16.6. The number of amides is 1. The van der Waals surface area contributed by atoms with Crippen LogP contribution in [0.1, 0.15) is 30.9 Å². The molecule has 0 radical (unpaired) electrons. The minimum absolute atomic E-state index is 0.206. The van der Waals surface area contributed by atoms with E-state index in [1.54, 1.807) is 0 Å². The van der Waals surface area contributed by atoms with Crippen molar-refractivity contribution >= 4 is 5.91 Å². The van der Waals surface area contributed by atoms with Crippen molar-refractivity contribution in [2.75, 3.05) is 7.05 Å². The second-order valence-corrected chi connectivity index (χ2v) is 7.90. The average molecular weight is 373 g/mol. The first-order valence-electron chi connectivity index (χ1n) is 9.98. The van der Waals surface area contributed by atoms with E-state index in [1.807, 2.05) is 42.3 Å². The number of piperidine rings is 1. The molecule has 1 fully saturated rings. The Morgan fingerprint density at radius 2 is 1.82 bits per heavy atom. The van der Waals surface area contributed by atoms with Crippen LogP contribution in [0.25, 0.3) is 0 Å². The molecular formula is C25H27NO2. The van der Waals surface area contributed by atoms with Gasteiger partial charge >= 0.3 is 0 Å². The molecule has 3 heteroatoms. The highest BCUT2D eigenvalue weighted by Crippen LogP contribution is 2.44. The standard InChI is InChI=1S/C25H27NO2/c1-19-16-22-10-6-7-15-25(22,24(27)26(19)2)17-20-11-13-23(14-12-20)28-18-21-8-4-3-5-9-21/h3-5,7-15,19H,6,16-18H2,1-2H3/t19-,25-/m0/s1. The molecule has 2 aliphatic rings. The molecule has 1 amide bonds. The van der Waals surface area contributed by atoms with Gasteiger partial charge in [-0.05, 0) is 49.4 Å². The number of hydrogen-bond donors (Lipinski definition) is 0. The summed E-state index contributed by atoms with van der Waals surface area (Å²) in [5, 5.41) is 0. The number of ether oxygens (including phenoxy) is 1. The van der Waals surface area contributed by atoms with E-state index < -0.39 is 5.41 Å². The molecule has 0 spiro atoms. The maximum atomic E-state index is 13.2. The molecular weight excluding hydrogens is 346 g/mol. The fraction of sp³-hybridized carbons (Fsp3) is 0.320. The Kier molecular flexibility index (Phi) is 5.08. The highest BCUT2D eigenvalue weighted by atomic mass is 16.5. The van der Waals surface area contributed by atoms with Crippen molar-refractivity contribution in [1.82, 2.24) is 4.90 Å².